The van der Waals surface area contributed by atoms with Crippen LogP contribution < -0.4 is 0 Å². The lowest BCUT2D eigenvalue weighted by molar-refractivity contribution is -0.122. The molecule has 1 heterocycles. The minimum atomic E-state index is 0.0461. The molecular formula is C18H21NO2. The Balaban J connectivity index is 1.66. The minimum absolute atomic E-state index is 0.0461. The molecular weight excluding hydrogens is 262 g/mol. The van der Waals surface area contributed by atoms with Gasteiger partial charge in [-0.1, -0.05) is 13.0 Å². The van der Waals surface area contributed by atoms with Gasteiger partial charge >= 0.3 is 0 Å². The van der Waals surface area contributed by atoms with Crippen molar-refractivity contribution < 1.29 is 9.59 Å². The molecule has 110 valence electrons. The highest BCUT2D eigenvalue weighted by molar-refractivity contribution is 6.00. The summed E-state index contributed by atoms with van der Waals surface area (Å²) in [5.74, 6) is 1.62. The highest BCUT2D eigenvalue weighted by Crippen LogP contribution is 2.48. The Bertz CT molecular complexity index is 618. The molecule has 0 saturated heterocycles. The maximum atomic E-state index is 13.0. The average molecular weight is 283 g/mol. The van der Waals surface area contributed by atoms with Gasteiger partial charge in [-0.25, -0.2) is 4.98 Å². The number of aromatic nitrogens is 1. The summed E-state index contributed by atoms with van der Waals surface area (Å²) in [4.78, 5) is 29.4. The van der Waals surface area contributed by atoms with Crippen LogP contribution in [0.4, 0.5) is 0 Å². The summed E-state index contributed by atoms with van der Waals surface area (Å²) in [6.07, 6.45) is 5.55. The van der Waals surface area contributed by atoms with E-state index in [0.717, 1.165) is 36.2 Å². The van der Waals surface area contributed by atoms with Crippen LogP contribution in [0.15, 0.2) is 12.1 Å². The standard InChI is InChI=1S/C18H21NO2/c1-2-13-5-6-14(10-3-4-10)17(19-13)18(21)15-8-12-7-11(15)9-16(12)20/h5-6,10-12,15H,2-4,7-9H2,1H3. The SMILES string of the molecule is CCc1ccc(C2CC2)c(C(=O)C2CC3CC2CC3=O)n1. The van der Waals surface area contributed by atoms with Crippen molar-refractivity contribution in [1.29, 1.82) is 0 Å². The summed E-state index contributed by atoms with van der Waals surface area (Å²) < 4.78 is 0. The van der Waals surface area contributed by atoms with Gasteiger partial charge in [-0.05, 0) is 55.6 Å². The highest BCUT2D eigenvalue weighted by Gasteiger charge is 2.48. The lowest BCUT2D eigenvalue weighted by Crippen LogP contribution is -2.26. The fraction of sp³-hybridized carbons (Fsp3) is 0.611. The van der Waals surface area contributed by atoms with Crippen molar-refractivity contribution in [3.8, 4) is 0 Å². The molecule has 3 fully saturated rings. The maximum Gasteiger partial charge on any atom is 0.184 e. The van der Waals surface area contributed by atoms with Gasteiger partial charge in [-0.3, -0.25) is 9.59 Å². The van der Waals surface area contributed by atoms with Crippen LogP contribution in [-0.2, 0) is 11.2 Å². The third kappa shape index (κ3) is 2.14. The number of carbonyl (C=O) groups is 2. The lowest BCUT2D eigenvalue weighted by atomic mass is 9.83. The monoisotopic (exact) mass is 283 g/mol. The number of nitrogens with zero attached hydrogens (tertiary/aromatic N) is 1. The first-order chi connectivity index (χ1) is 10.2. The Morgan fingerprint density at radius 2 is 2.05 bits per heavy atom. The normalized spacial score (nSPS) is 30.9. The summed E-state index contributed by atoms with van der Waals surface area (Å²) in [6.45, 7) is 2.07. The van der Waals surface area contributed by atoms with Crippen LogP contribution >= 0.6 is 0 Å². The van der Waals surface area contributed by atoms with E-state index >= 15 is 0 Å². The van der Waals surface area contributed by atoms with E-state index in [4.69, 9.17) is 0 Å². The van der Waals surface area contributed by atoms with Crippen molar-refractivity contribution in [3.05, 3.63) is 29.1 Å². The molecule has 0 amide bonds. The van der Waals surface area contributed by atoms with Gasteiger partial charge < -0.3 is 0 Å². The molecule has 1 aromatic rings. The van der Waals surface area contributed by atoms with Gasteiger partial charge in [0.25, 0.3) is 0 Å². The number of pyridine rings is 1. The van der Waals surface area contributed by atoms with Crippen molar-refractivity contribution >= 4 is 11.6 Å². The second-order valence-electron chi connectivity index (χ2n) is 6.94. The number of ketones is 2. The van der Waals surface area contributed by atoms with E-state index in [1.165, 1.54) is 12.8 Å². The first-order valence-electron chi connectivity index (χ1n) is 8.24. The van der Waals surface area contributed by atoms with Crippen LogP contribution in [-0.4, -0.2) is 16.6 Å². The Hall–Kier alpha value is -1.51. The Kier molecular flexibility index (Phi) is 2.98. The summed E-state index contributed by atoms with van der Waals surface area (Å²) in [7, 11) is 0. The number of carbonyl (C=O) groups excluding carboxylic acids is 2. The number of rotatable bonds is 4. The molecule has 0 radical (unpaired) electrons. The van der Waals surface area contributed by atoms with Gasteiger partial charge in [-0.15, -0.1) is 0 Å². The van der Waals surface area contributed by atoms with Crippen LogP contribution in [0.2, 0.25) is 0 Å². The lowest BCUT2D eigenvalue weighted by Gasteiger charge is -2.20. The number of fused-ring (bicyclic) bond motifs is 2. The molecule has 3 heteroatoms. The largest absolute Gasteiger partial charge is 0.299 e. The quantitative estimate of drug-likeness (QED) is 0.796. The van der Waals surface area contributed by atoms with Crippen LogP contribution in [0, 0.1) is 17.8 Å². The highest BCUT2D eigenvalue weighted by atomic mass is 16.1. The van der Waals surface area contributed by atoms with Gasteiger partial charge in [0.2, 0.25) is 0 Å². The van der Waals surface area contributed by atoms with Crippen LogP contribution in [0.5, 0.6) is 0 Å². The fourth-order valence-corrected chi connectivity index (χ4v) is 4.16. The molecule has 0 aromatic carbocycles. The van der Waals surface area contributed by atoms with Crippen LogP contribution in [0.3, 0.4) is 0 Å². The predicted molar refractivity (Wildman–Crippen MR) is 79.2 cm³/mol. The van der Waals surface area contributed by atoms with Gasteiger partial charge in [-0.2, -0.15) is 0 Å². The van der Waals surface area contributed by atoms with Crippen molar-refractivity contribution in [2.45, 2.75) is 51.4 Å². The molecule has 21 heavy (non-hydrogen) atoms. The fourth-order valence-electron chi connectivity index (χ4n) is 4.16. The van der Waals surface area contributed by atoms with E-state index in [1.54, 1.807) is 0 Å². The summed E-state index contributed by atoms with van der Waals surface area (Å²) in [5, 5.41) is 0. The van der Waals surface area contributed by atoms with E-state index in [9.17, 15) is 9.59 Å². The third-order valence-corrected chi connectivity index (χ3v) is 5.55. The van der Waals surface area contributed by atoms with E-state index in [2.05, 4.69) is 24.0 Å². The van der Waals surface area contributed by atoms with Crippen molar-refractivity contribution in [2.75, 3.05) is 0 Å². The molecule has 4 rings (SSSR count). The number of hydrogen-bond acceptors (Lipinski definition) is 3. The molecule has 0 N–H and O–H groups in total. The average Bonchev–Trinajstić information content (AvgIpc) is 3.18. The summed E-state index contributed by atoms with van der Waals surface area (Å²) >= 11 is 0. The minimum Gasteiger partial charge on any atom is -0.299 e. The zero-order valence-electron chi connectivity index (χ0n) is 12.5. The summed E-state index contributed by atoms with van der Waals surface area (Å²) in [5.41, 5.74) is 2.88. The predicted octanol–water partition coefficient (Wildman–Crippen LogP) is 3.32. The number of hydrogen-bond donors (Lipinski definition) is 0. The molecule has 1 aromatic heterocycles. The zero-order chi connectivity index (χ0) is 14.6. The van der Waals surface area contributed by atoms with E-state index in [1.807, 2.05) is 0 Å². The first-order valence-corrected chi connectivity index (χ1v) is 8.24. The molecule has 3 aliphatic carbocycles. The number of aryl methyl sites for hydroxylation is 1. The molecule has 3 aliphatic rings. The molecule has 3 atom stereocenters. The van der Waals surface area contributed by atoms with Crippen molar-refractivity contribution in [3.63, 3.8) is 0 Å². The molecule has 3 nitrogen and oxygen atoms in total. The molecule has 3 unspecified atom stereocenters. The number of Topliss-reactive ketones (excluding diaryl/α,β-unsaturated/α-hetero) is 2. The second kappa shape index (κ2) is 4.75. The van der Waals surface area contributed by atoms with Gasteiger partial charge in [0.15, 0.2) is 5.78 Å². The maximum absolute atomic E-state index is 13.0. The Morgan fingerprint density at radius 1 is 1.24 bits per heavy atom. The van der Waals surface area contributed by atoms with Crippen molar-refractivity contribution in [2.24, 2.45) is 17.8 Å². The van der Waals surface area contributed by atoms with Gasteiger partial charge in [0.05, 0.1) is 0 Å². The Labute approximate surface area is 125 Å². The van der Waals surface area contributed by atoms with Crippen molar-refractivity contribution in [1.82, 2.24) is 4.98 Å². The molecule has 0 spiro atoms. The summed E-state index contributed by atoms with van der Waals surface area (Å²) in [6, 6.07) is 4.18. The van der Waals surface area contributed by atoms with Crippen LogP contribution in [0.25, 0.3) is 0 Å². The topological polar surface area (TPSA) is 47.0 Å². The smallest absolute Gasteiger partial charge is 0.184 e. The van der Waals surface area contributed by atoms with Gasteiger partial charge in [0, 0.05) is 24.0 Å². The van der Waals surface area contributed by atoms with Gasteiger partial charge in [0.1, 0.15) is 11.5 Å². The van der Waals surface area contributed by atoms with E-state index in [0.29, 0.717) is 18.1 Å². The van der Waals surface area contributed by atoms with E-state index in [-0.39, 0.29) is 23.5 Å². The van der Waals surface area contributed by atoms with E-state index < -0.39 is 0 Å². The Morgan fingerprint density at radius 3 is 2.62 bits per heavy atom. The second-order valence-corrected chi connectivity index (χ2v) is 6.94. The molecule has 2 bridgehead atoms. The van der Waals surface area contributed by atoms with Crippen LogP contribution in [0.1, 0.15) is 66.7 Å². The third-order valence-electron chi connectivity index (χ3n) is 5.55. The zero-order valence-corrected chi connectivity index (χ0v) is 12.5. The molecule has 3 saturated carbocycles. The molecule has 0 aliphatic heterocycles. The first kappa shape index (κ1) is 13.2.